The van der Waals surface area contributed by atoms with Gasteiger partial charge in [0, 0.05) is 6.92 Å². The molecule has 0 aliphatic heterocycles. The van der Waals surface area contributed by atoms with Gasteiger partial charge in [-0.2, -0.15) is 0 Å². The number of hydrogen-bond acceptors (Lipinski definition) is 4. The number of alkyl halides is 1. The Balaban J connectivity index is 0. The zero-order valence-corrected chi connectivity index (χ0v) is 8.31. The molecule has 0 fully saturated rings. The molecular formula is C7H12ClN3Na2O3. The molecule has 0 aliphatic rings. The van der Waals surface area contributed by atoms with Crippen LogP contribution in [0.3, 0.4) is 0 Å². The van der Waals surface area contributed by atoms with E-state index in [1.807, 2.05) is 0 Å². The second-order valence-electron chi connectivity index (χ2n) is 2.84. The molecule has 1 aromatic rings. The Morgan fingerprint density at radius 3 is 2.69 bits per heavy atom. The summed E-state index contributed by atoms with van der Waals surface area (Å²) in [7, 11) is 0. The van der Waals surface area contributed by atoms with Crippen LogP contribution in [0.2, 0.25) is 0 Å². The summed E-state index contributed by atoms with van der Waals surface area (Å²) in [4.78, 5) is 13.8. The zero-order valence-electron chi connectivity index (χ0n) is 7.55. The van der Waals surface area contributed by atoms with Crippen molar-refractivity contribution in [3.63, 3.8) is 0 Å². The first-order valence-electron chi connectivity index (χ1n) is 3.96. The molecule has 6 nitrogen and oxygen atoms in total. The van der Waals surface area contributed by atoms with Crippen LogP contribution in [-0.2, 0) is 6.54 Å². The molecule has 9 heteroatoms. The molecule has 1 N–H and O–H groups in total. The summed E-state index contributed by atoms with van der Waals surface area (Å²) in [5, 5.41) is 19.8. The van der Waals surface area contributed by atoms with E-state index in [-0.39, 0.29) is 77.4 Å². The summed E-state index contributed by atoms with van der Waals surface area (Å²) < 4.78 is 1.33. The van der Waals surface area contributed by atoms with E-state index in [2.05, 4.69) is 4.98 Å². The average Bonchev–Trinajstić information content (AvgIpc) is 2.48. The van der Waals surface area contributed by atoms with Crippen LogP contribution < -0.4 is 0 Å². The predicted molar refractivity (Wildman–Crippen MR) is 64.6 cm³/mol. The van der Waals surface area contributed by atoms with E-state index in [0.717, 1.165) is 6.20 Å². The molecule has 0 spiro atoms. The molecule has 0 amide bonds. The molecule has 1 aromatic heterocycles. The van der Waals surface area contributed by atoms with Gasteiger partial charge in [-0.3, -0.25) is 0 Å². The van der Waals surface area contributed by atoms with E-state index < -0.39 is 11.0 Å². The monoisotopic (exact) mass is 267 g/mol. The van der Waals surface area contributed by atoms with Crippen molar-refractivity contribution in [2.75, 3.05) is 5.88 Å². The summed E-state index contributed by atoms with van der Waals surface area (Å²) in [5.74, 6) is 0.391. The predicted octanol–water partition coefficient (Wildman–Crippen LogP) is -0.598. The van der Waals surface area contributed by atoms with Gasteiger partial charge in [-0.25, -0.2) is 9.55 Å². The number of aryl methyl sites for hydroxylation is 1. The summed E-state index contributed by atoms with van der Waals surface area (Å²) in [6.07, 6.45) is 0.360. The number of nitrogens with zero attached hydrogens (tertiary/aromatic N) is 3. The van der Waals surface area contributed by atoms with E-state index in [1.54, 1.807) is 6.92 Å². The molecule has 82 valence electrons. The molecule has 1 unspecified atom stereocenters. The van der Waals surface area contributed by atoms with Crippen molar-refractivity contribution in [1.82, 2.24) is 9.55 Å². The van der Waals surface area contributed by atoms with Gasteiger partial charge in [-0.05, 0) is 4.92 Å². The Morgan fingerprint density at radius 2 is 2.25 bits per heavy atom. The normalized spacial score (nSPS) is 11.2. The maximum absolute atomic E-state index is 10.5. The van der Waals surface area contributed by atoms with E-state index in [1.165, 1.54) is 4.57 Å². The third kappa shape index (κ3) is 5.01. The number of aliphatic hydroxyl groups is 1. The van der Waals surface area contributed by atoms with Crippen LogP contribution in [0.15, 0.2) is 6.20 Å². The molecule has 1 atom stereocenters. The number of nitro groups is 1. The molecular weight excluding hydrogens is 256 g/mol. The molecule has 0 aromatic carbocycles. The van der Waals surface area contributed by atoms with Crippen LogP contribution in [0.4, 0.5) is 5.82 Å². The quantitative estimate of drug-likeness (QED) is 0.342. The van der Waals surface area contributed by atoms with Crippen LogP contribution in [0, 0.1) is 17.0 Å². The summed E-state index contributed by atoms with van der Waals surface area (Å²) in [6, 6.07) is 0. The van der Waals surface area contributed by atoms with Gasteiger partial charge in [-0.1, -0.05) is 0 Å². The summed E-state index contributed by atoms with van der Waals surface area (Å²) in [5.41, 5.74) is 0. The zero-order chi connectivity index (χ0) is 10.7. The Labute approximate surface area is 142 Å². The van der Waals surface area contributed by atoms with E-state index in [9.17, 15) is 15.2 Å². The van der Waals surface area contributed by atoms with Gasteiger partial charge in [0.1, 0.15) is 18.8 Å². The molecule has 1 rings (SSSR count). The first kappa shape index (κ1) is 19.2. The van der Waals surface area contributed by atoms with Gasteiger partial charge >= 0.3 is 64.9 Å². The molecule has 0 saturated heterocycles. The standard InChI is InChI=1S/C7H10ClN3O3.2Na.2H/c1-5-9-3-7(11(13)14)10(5)4-6(12)2-8;;;;/h3,6,12H,2,4H2,1H3;;;;. The molecule has 16 heavy (non-hydrogen) atoms. The second kappa shape index (κ2) is 8.88. The molecule has 1 heterocycles. The maximum atomic E-state index is 10.5. The molecule has 0 saturated carbocycles. The summed E-state index contributed by atoms with van der Waals surface area (Å²) >= 11 is 5.40. The van der Waals surface area contributed by atoms with Crippen molar-refractivity contribution in [3.8, 4) is 0 Å². The van der Waals surface area contributed by atoms with Gasteiger partial charge in [0.2, 0.25) is 0 Å². The third-order valence-corrected chi connectivity index (χ3v) is 2.15. The first-order chi connectivity index (χ1) is 6.56. The first-order valence-corrected chi connectivity index (χ1v) is 4.50. The Kier molecular flexibility index (Phi) is 10.7. The van der Waals surface area contributed by atoms with Crippen LogP contribution in [0.5, 0.6) is 0 Å². The number of hydrogen-bond donors (Lipinski definition) is 1. The van der Waals surface area contributed by atoms with Crippen LogP contribution in [0.25, 0.3) is 0 Å². The fraction of sp³-hybridized carbons (Fsp3) is 0.571. The number of rotatable bonds is 4. The Morgan fingerprint density at radius 1 is 1.69 bits per heavy atom. The van der Waals surface area contributed by atoms with Crippen molar-refractivity contribution < 1.29 is 10.0 Å². The van der Waals surface area contributed by atoms with Gasteiger partial charge in [0.25, 0.3) is 0 Å². The topological polar surface area (TPSA) is 81.2 Å². The van der Waals surface area contributed by atoms with Crippen LogP contribution in [-0.4, -0.2) is 90.7 Å². The van der Waals surface area contributed by atoms with Gasteiger partial charge < -0.3 is 15.2 Å². The summed E-state index contributed by atoms with van der Waals surface area (Å²) in [6.45, 7) is 1.72. The fourth-order valence-corrected chi connectivity index (χ4v) is 1.18. The minimum absolute atomic E-state index is 0. The SMILES string of the molecule is Cc1ncc([N+](=O)[O-])n1CC(O)CCl.[NaH].[NaH]. The van der Waals surface area contributed by atoms with Crippen molar-refractivity contribution in [1.29, 1.82) is 0 Å². The van der Waals surface area contributed by atoms with Crippen molar-refractivity contribution >= 4 is 76.5 Å². The van der Waals surface area contributed by atoms with Crippen molar-refractivity contribution in [2.45, 2.75) is 19.6 Å². The van der Waals surface area contributed by atoms with Crippen LogP contribution in [0.1, 0.15) is 5.82 Å². The fourth-order valence-electron chi connectivity index (χ4n) is 1.09. The molecule has 0 radical (unpaired) electrons. The Hall–Kier alpha value is 0.860. The second-order valence-corrected chi connectivity index (χ2v) is 3.15. The van der Waals surface area contributed by atoms with Crippen molar-refractivity contribution in [3.05, 3.63) is 22.1 Å². The number of imidazole rings is 1. The van der Waals surface area contributed by atoms with Crippen LogP contribution >= 0.6 is 11.6 Å². The third-order valence-electron chi connectivity index (χ3n) is 1.79. The van der Waals surface area contributed by atoms with Crippen molar-refractivity contribution in [2.24, 2.45) is 0 Å². The molecule has 0 bridgehead atoms. The van der Waals surface area contributed by atoms with E-state index >= 15 is 0 Å². The number of aromatic nitrogens is 2. The van der Waals surface area contributed by atoms with Gasteiger partial charge in [0.15, 0.2) is 5.82 Å². The van der Waals surface area contributed by atoms with Gasteiger partial charge in [-0.15, -0.1) is 11.6 Å². The Bertz CT molecular complexity index is 348. The number of aliphatic hydroxyl groups excluding tert-OH is 1. The number of halogens is 1. The van der Waals surface area contributed by atoms with E-state index in [0.29, 0.717) is 5.82 Å². The minimum atomic E-state index is -0.803. The van der Waals surface area contributed by atoms with E-state index in [4.69, 9.17) is 11.6 Å². The van der Waals surface area contributed by atoms with Gasteiger partial charge in [0.05, 0.1) is 5.88 Å². The molecule has 0 aliphatic carbocycles. The average molecular weight is 268 g/mol.